The van der Waals surface area contributed by atoms with Gasteiger partial charge >= 0.3 is 0 Å². The van der Waals surface area contributed by atoms with Gasteiger partial charge in [0, 0.05) is 23.4 Å². The van der Waals surface area contributed by atoms with Gasteiger partial charge in [0.1, 0.15) is 0 Å². The van der Waals surface area contributed by atoms with Crippen molar-refractivity contribution in [2.24, 2.45) is 11.8 Å². The predicted molar refractivity (Wildman–Crippen MR) is 121 cm³/mol. The Morgan fingerprint density at radius 3 is 2.35 bits per heavy atom. The van der Waals surface area contributed by atoms with Crippen molar-refractivity contribution in [3.8, 4) is 0 Å². The molecular weight excluding hydrogens is 495 g/mol. The first-order valence-corrected chi connectivity index (χ1v) is 12.6. The second-order valence-corrected chi connectivity index (χ2v) is 11.3. The van der Waals surface area contributed by atoms with Crippen LogP contribution in [0.15, 0.2) is 35.2 Å². The van der Waals surface area contributed by atoms with E-state index in [2.05, 4.69) is 5.32 Å². The minimum atomic E-state index is -4.05. The molecule has 6 nitrogen and oxygen atoms in total. The molecule has 3 N–H and O–H groups in total. The summed E-state index contributed by atoms with van der Waals surface area (Å²) in [6, 6.07) is 4.74. The molecule has 2 aromatic rings. The zero-order valence-corrected chi connectivity index (χ0v) is 20.1. The molecule has 0 heterocycles. The van der Waals surface area contributed by atoms with Crippen LogP contribution in [0, 0.1) is 29.3 Å². The molecule has 1 amide bonds. The number of aliphatic hydroxyl groups excluding tert-OH is 1. The van der Waals surface area contributed by atoms with Crippen LogP contribution in [0.1, 0.15) is 43.5 Å². The van der Waals surface area contributed by atoms with Crippen LogP contribution in [0.3, 0.4) is 0 Å². The number of hydrogen-bond acceptors (Lipinski definition) is 5. The smallest absolute Gasteiger partial charge is 0.255 e. The van der Waals surface area contributed by atoms with Crippen molar-refractivity contribution in [1.82, 2.24) is 0 Å². The van der Waals surface area contributed by atoms with E-state index in [-0.39, 0.29) is 34.0 Å². The lowest BCUT2D eigenvalue weighted by Crippen LogP contribution is -2.54. The predicted octanol–water partition coefficient (Wildman–Crippen LogP) is 4.33. The third kappa shape index (κ3) is 4.82. The fourth-order valence-electron chi connectivity index (χ4n) is 4.55. The molecule has 0 aliphatic heterocycles. The van der Waals surface area contributed by atoms with Crippen molar-refractivity contribution in [2.75, 3.05) is 11.9 Å². The number of anilines is 1. The first-order valence-electron chi connectivity index (χ1n) is 10.7. The van der Waals surface area contributed by atoms with Crippen LogP contribution in [0.2, 0.25) is 5.02 Å². The summed E-state index contributed by atoms with van der Waals surface area (Å²) in [6.07, 6.45) is 0.631. The fourth-order valence-corrected chi connectivity index (χ4v) is 7.01. The van der Waals surface area contributed by atoms with E-state index < -0.39 is 62.5 Å². The van der Waals surface area contributed by atoms with E-state index in [4.69, 9.17) is 11.6 Å². The second kappa shape index (κ2) is 9.85. The minimum Gasteiger partial charge on any atom is -0.393 e. The first-order chi connectivity index (χ1) is 15.8. The molecule has 1 aliphatic carbocycles. The maximum absolute atomic E-state index is 13.5. The molecule has 11 heteroatoms. The summed E-state index contributed by atoms with van der Waals surface area (Å²) < 4.78 is 67.0. The average molecular weight is 520 g/mol. The number of nitrogens with one attached hydrogen (secondary N) is 1. The SMILES string of the molecule is CCC1C[C@@H](S(=O)(=O)c2cc(C(=O)Nc3cc(F)c(F)c(F)c3)ccc2Cl)C[C@H](C)[C@]1(O)CO. The van der Waals surface area contributed by atoms with Crippen LogP contribution in [0.25, 0.3) is 0 Å². The number of benzene rings is 2. The van der Waals surface area contributed by atoms with Crippen LogP contribution in [0.5, 0.6) is 0 Å². The monoisotopic (exact) mass is 519 g/mol. The van der Waals surface area contributed by atoms with Gasteiger partial charge in [-0.05, 0) is 42.9 Å². The number of rotatable bonds is 6. The van der Waals surface area contributed by atoms with Crippen molar-refractivity contribution >= 4 is 33.0 Å². The van der Waals surface area contributed by atoms with Crippen LogP contribution in [-0.2, 0) is 9.84 Å². The highest BCUT2D eigenvalue weighted by Gasteiger charge is 2.49. The van der Waals surface area contributed by atoms with Crippen LogP contribution >= 0.6 is 11.6 Å². The lowest BCUT2D eigenvalue weighted by atomic mass is 9.68. The van der Waals surface area contributed by atoms with E-state index in [1.54, 1.807) is 13.8 Å². The Morgan fingerprint density at radius 1 is 1.18 bits per heavy atom. The van der Waals surface area contributed by atoms with Crippen LogP contribution in [-0.4, -0.2) is 42.0 Å². The van der Waals surface area contributed by atoms with Crippen molar-refractivity contribution < 1.29 is 36.6 Å². The molecule has 0 spiro atoms. The van der Waals surface area contributed by atoms with Crippen molar-refractivity contribution in [1.29, 1.82) is 0 Å². The number of hydrogen-bond donors (Lipinski definition) is 3. The molecule has 186 valence electrons. The highest BCUT2D eigenvalue weighted by atomic mass is 35.5. The summed E-state index contributed by atoms with van der Waals surface area (Å²) in [5.74, 6) is -6.52. The molecule has 34 heavy (non-hydrogen) atoms. The minimum absolute atomic E-state index is 0.0801. The third-order valence-electron chi connectivity index (χ3n) is 6.65. The fraction of sp³-hybridized carbons (Fsp3) is 0.435. The van der Waals surface area contributed by atoms with Gasteiger partial charge in [-0.2, -0.15) is 0 Å². The van der Waals surface area contributed by atoms with Gasteiger partial charge in [-0.25, -0.2) is 21.6 Å². The number of aliphatic hydroxyl groups is 2. The van der Waals surface area contributed by atoms with E-state index in [1.165, 1.54) is 12.1 Å². The Hall–Kier alpha value is -2.14. The van der Waals surface area contributed by atoms with Crippen molar-refractivity contribution in [3.05, 3.63) is 58.4 Å². The molecule has 0 radical (unpaired) electrons. The van der Waals surface area contributed by atoms with Crippen LogP contribution in [0.4, 0.5) is 18.9 Å². The van der Waals surface area contributed by atoms with E-state index in [1.807, 2.05) is 0 Å². The molecule has 3 rings (SSSR count). The Bertz CT molecular complexity index is 1190. The molecule has 1 aliphatic rings. The Balaban J connectivity index is 1.91. The lowest BCUT2D eigenvalue weighted by molar-refractivity contribution is -0.120. The maximum atomic E-state index is 13.5. The largest absolute Gasteiger partial charge is 0.393 e. The molecule has 2 aromatic carbocycles. The van der Waals surface area contributed by atoms with E-state index in [9.17, 15) is 36.6 Å². The topological polar surface area (TPSA) is 104 Å². The molecule has 1 unspecified atom stereocenters. The highest BCUT2D eigenvalue weighted by molar-refractivity contribution is 7.92. The Kier molecular flexibility index (Phi) is 7.66. The first kappa shape index (κ1) is 26.5. The van der Waals surface area contributed by atoms with Gasteiger partial charge in [-0.1, -0.05) is 31.9 Å². The maximum Gasteiger partial charge on any atom is 0.255 e. The number of carbonyl (C=O) groups is 1. The molecule has 1 fully saturated rings. The lowest BCUT2D eigenvalue weighted by Gasteiger charge is -2.46. The Labute approximate surface area is 200 Å². The van der Waals surface area contributed by atoms with Gasteiger partial charge in [-0.15, -0.1) is 0 Å². The summed E-state index contributed by atoms with van der Waals surface area (Å²) >= 11 is 6.17. The van der Waals surface area contributed by atoms with Crippen LogP contribution < -0.4 is 5.32 Å². The molecule has 0 aromatic heterocycles. The normalized spacial score (nSPS) is 25.2. The van der Waals surface area contributed by atoms with Gasteiger partial charge in [-0.3, -0.25) is 4.79 Å². The van der Waals surface area contributed by atoms with Gasteiger partial charge in [0.15, 0.2) is 27.3 Å². The molecule has 0 saturated heterocycles. The molecular formula is C23H25ClF3NO5S. The van der Waals surface area contributed by atoms with E-state index >= 15 is 0 Å². The third-order valence-corrected chi connectivity index (χ3v) is 9.31. The van der Waals surface area contributed by atoms with Gasteiger partial charge in [0.05, 0.1) is 27.4 Å². The number of sulfone groups is 1. The Morgan fingerprint density at radius 2 is 1.79 bits per heavy atom. The van der Waals surface area contributed by atoms with Gasteiger partial charge in [0.25, 0.3) is 5.91 Å². The second-order valence-electron chi connectivity index (χ2n) is 8.65. The summed E-state index contributed by atoms with van der Waals surface area (Å²) in [7, 11) is -4.05. The molecule has 4 atom stereocenters. The highest BCUT2D eigenvalue weighted by Crippen LogP contribution is 2.44. The quantitative estimate of drug-likeness (QED) is 0.493. The zero-order chi connectivity index (χ0) is 25.4. The van der Waals surface area contributed by atoms with Gasteiger partial charge < -0.3 is 15.5 Å². The molecule has 0 bridgehead atoms. The van der Waals surface area contributed by atoms with E-state index in [0.29, 0.717) is 18.6 Å². The van der Waals surface area contributed by atoms with Crippen molar-refractivity contribution in [2.45, 2.75) is 48.9 Å². The summed E-state index contributed by atoms with van der Waals surface area (Å²) in [4.78, 5) is 12.3. The average Bonchev–Trinajstić information content (AvgIpc) is 2.78. The zero-order valence-electron chi connectivity index (χ0n) is 18.5. The summed E-state index contributed by atoms with van der Waals surface area (Å²) in [5, 5.41) is 21.7. The standard InChI is InChI=1S/C23H25ClF3NO5S/c1-3-14-8-16(6-12(2)23(14,31)11-29)34(32,33)20-7-13(4-5-17(20)24)22(30)28-15-9-18(25)21(27)19(26)10-15/h4-5,7,9-10,12,14,16,29,31H,3,6,8,11H2,1-2H3,(H,28,30)/t12-,14?,16-,23+/m0/s1. The summed E-state index contributed by atoms with van der Waals surface area (Å²) in [6.45, 7) is 2.99. The van der Waals surface area contributed by atoms with Crippen molar-refractivity contribution in [3.63, 3.8) is 0 Å². The number of carbonyl (C=O) groups excluding carboxylic acids is 1. The number of halogens is 4. The van der Waals surface area contributed by atoms with Gasteiger partial charge in [0.2, 0.25) is 0 Å². The molecule has 1 saturated carbocycles. The summed E-state index contributed by atoms with van der Waals surface area (Å²) in [5.41, 5.74) is -1.89. The van der Waals surface area contributed by atoms with E-state index in [0.717, 1.165) is 6.07 Å². The number of amides is 1.